The molecule has 4 aromatic rings. The van der Waals surface area contributed by atoms with E-state index in [2.05, 4.69) is 0 Å². The first kappa shape index (κ1) is 16.8. The Kier molecular flexibility index (Phi) is 3.64. The van der Waals surface area contributed by atoms with Crippen LogP contribution in [0.15, 0.2) is 66.7 Å². The molecule has 0 fully saturated rings. The highest BCUT2D eigenvalue weighted by Gasteiger charge is 2.35. The average Bonchev–Trinajstić information content (AvgIpc) is 3.17. The van der Waals surface area contributed by atoms with Gasteiger partial charge in [0.2, 0.25) is 0 Å². The molecule has 1 aliphatic carbocycles. The second kappa shape index (κ2) is 6.08. The van der Waals surface area contributed by atoms with Gasteiger partial charge in [0.05, 0.1) is 22.2 Å². The molecule has 5 rings (SSSR count). The van der Waals surface area contributed by atoms with Crippen LogP contribution in [0.1, 0.15) is 22.8 Å². The Labute approximate surface area is 165 Å². The Bertz CT molecular complexity index is 1290. The van der Waals surface area contributed by atoms with Crippen molar-refractivity contribution in [2.24, 2.45) is 0 Å². The molecule has 0 N–H and O–H groups in total. The molecule has 0 bridgehead atoms. The summed E-state index contributed by atoms with van der Waals surface area (Å²) in [4.78, 5) is 24.9. The van der Waals surface area contributed by atoms with Crippen LogP contribution in [0, 0.1) is 0 Å². The quantitative estimate of drug-likeness (QED) is 0.300. The lowest BCUT2D eigenvalue weighted by Crippen LogP contribution is -2.03. The predicted octanol–water partition coefficient (Wildman–Crippen LogP) is 5.42. The zero-order valence-electron chi connectivity index (χ0n) is 14.9. The first-order valence-electron chi connectivity index (χ1n) is 8.82. The maximum atomic E-state index is 13.3. The van der Waals surface area contributed by atoms with Gasteiger partial charge in [0.25, 0.3) is 0 Å². The minimum absolute atomic E-state index is 0.0667. The van der Waals surface area contributed by atoms with Crippen molar-refractivity contribution in [3.63, 3.8) is 0 Å². The normalized spacial score (nSPS) is 12.1. The lowest BCUT2D eigenvalue weighted by molar-refractivity contribution is -0.131. The van der Waals surface area contributed by atoms with E-state index in [4.69, 9.17) is 16.3 Å². The number of ether oxygens (including phenoxy) is 1. The van der Waals surface area contributed by atoms with Gasteiger partial charge in [-0.1, -0.05) is 41.9 Å². The number of halogens is 1. The van der Waals surface area contributed by atoms with Crippen LogP contribution in [0.4, 0.5) is 0 Å². The largest absolute Gasteiger partial charge is 0.426 e. The third kappa shape index (κ3) is 2.31. The highest BCUT2D eigenvalue weighted by Crippen LogP contribution is 2.46. The summed E-state index contributed by atoms with van der Waals surface area (Å²) in [6.45, 7) is 1.35. The Morgan fingerprint density at radius 2 is 1.64 bits per heavy atom. The van der Waals surface area contributed by atoms with Crippen molar-refractivity contribution < 1.29 is 14.3 Å². The molecule has 136 valence electrons. The summed E-state index contributed by atoms with van der Waals surface area (Å²) in [6.07, 6.45) is 0. The summed E-state index contributed by atoms with van der Waals surface area (Å²) in [5.41, 5.74) is 4.55. The molecule has 3 aromatic carbocycles. The Morgan fingerprint density at radius 3 is 2.36 bits per heavy atom. The maximum Gasteiger partial charge on any atom is 0.308 e. The highest BCUT2D eigenvalue weighted by atomic mass is 35.5. The number of esters is 1. The van der Waals surface area contributed by atoms with Gasteiger partial charge in [-0.15, -0.1) is 0 Å². The van der Waals surface area contributed by atoms with E-state index < -0.39 is 5.97 Å². The fourth-order valence-electron chi connectivity index (χ4n) is 3.90. The van der Waals surface area contributed by atoms with E-state index in [0.717, 1.165) is 22.5 Å². The predicted molar refractivity (Wildman–Crippen MR) is 108 cm³/mol. The van der Waals surface area contributed by atoms with Crippen molar-refractivity contribution in [2.75, 3.05) is 0 Å². The highest BCUT2D eigenvalue weighted by molar-refractivity contribution is 6.31. The number of benzene rings is 3. The zero-order valence-corrected chi connectivity index (χ0v) is 15.7. The molecule has 0 aliphatic heterocycles. The molecule has 1 heterocycles. The molecule has 0 spiro atoms. The first-order valence-corrected chi connectivity index (χ1v) is 9.20. The van der Waals surface area contributed by atoms with E-state index in [1.54, 1.807) is 6.07 Å². The summed E-state index contributed by atoms with van der Waals surface area (Å²) in [6, 6.07) is 20.4. The van der Waals surface area contributed by atoms with Crippen LogP contribution in [0.25, 0.3) is 27.8 Å². The van der Waals surface area contributed by atoms with E-state index >= 15 is 0 Å². The van der Waals surface area contributed by atoms with Crippen molar-refractivity contribution in [1.82, 2.24) is 4.57 Å². The average molecular weight is 388 g/mol. The lowest BCUT2D eigenvalue weighted by atomic mass is 10.1. The maximum absolute atomic E-state index is 13.3. The van der Waals surface area contributed by atoms with Crippen molar-refractivity contribution in [3.05, 3.63) is 82.9 Å². The SMILES string of the molecule is CC(=O)Oc1cccc2c1c1c(n2-c2ccc(Cl)cc2)-c2ccccc2C1=O. The molecular formula is C23H14ClNO3. The standard InChI is InChI=1S/C23H14ClNO3/c1-13(26)28-19-8-4-7-18-20(19)21-22(16-5-2-3-6-17(16)23(21)27)25(18)15-11-9-14(24)10-12-15/h2-12H,1H3. The number of hydrogen-bond acceptors (Lipinski definition) is 3. The van der Waals surface area contributed by atoms with E-state index in [9.17, 15) is 9.59 Å². The van der Waals surface area contributed by atoms with Crippen molar-refractivity contribution in [1.29, 1.82) is 0 Å². The molecule has 5 heteroatoms. The monoisotopic (exact) mass is 387 g/mol. The molecule has 1 aliphatic rings. The molecule has 0 saturated carbocycles. The van der Waals surface area contributed by atoms with Crippen LogP contribution < -0.4 is 4.74 Å². The van der Waals surface area contributed by atoms with Gasteiger partial charge >= 0.3 is 5.97 Å². The molecule has 28 heavy (non-hydrogen) atoms. The number of fused-ring (bicyclic) bond motifs is 5. The fourth-order valence-corrected chi connectivity index (χ4v) is 4.03. The van der Waals surface area contributed by atoms with E-state index in [1.807, 2.05) is 65.2 Å². The first-order chi connectivity index (χ1) is 13.6. The number of hydrogen-bond donors (Lipinski definition) is 0. The summed E-state index contributed by atoms with van der Waals surface area (Å²) >= 11 is 6.07. The van der Waals surface area contributed by atoms with Crippen molar-refractivity contribution >= 4 is 34.3 Å². The molecule has 0 amide bonds. The summed E-state index contributed by atoms with van der Waals surface area (Å²) in [5.74, 6) is -0.110. The van der Waals surface area contributed by atoms with Gasteiger partial charge in [0, 0.05) is 28.8 Å². The van der Waals surface area contributed by atoms with Gasteiger partial charge in [-0.05, 0) is 36.4 Å². The third-order valence-corrected chi connectivity index (χ3v) is 5.20. The number of ketones is 1. The van der Waals surface area contributed by atoms with Gasteiger partial charge in [-0.2, -0.15) is 0 Å². The van der Waals surface area contributed by atoms with E-state index in [1.165, 1.54) is 6.92 Å². The second-order valence-corrected chi connectivity index (χ2v) is 7.09. The van der Waals surface area contributed by atoms with Crippen LogP contribution in [0.3, 0.4) is 0 Å². The van der Waals surface area contributed by atoms with Gasteiger partial charge in [0.15, 0.2) is 5.78 Å². The molecular weight excluding hydrogens is 374 g/mol. The summed E-state index contributed by atoms with van der Waals surface area (Å²) in [5, 5.41) is 1.28. The van der Waals surface area contributed by atoms with Gasteiger partial charge < -0.3 is 9.30 Å². The summed E-state index contributed by atoms with van der Waals surface area (Å²) < 4.78 is 7.47. The number of carbonyl (C=O) groups excluding carboxylic acids is 2. The van der Waals surface area contributed by atoms with Gasteiger partial charge in [-0.25, -0.2) is 0 Å². The number of nitrogens with zero attached hydrogens (tertiary/aromatic N) is 1. The van der Waals surface area contributed by atoms with Crippen LogP contribution in [0.2, 0.25) is 5.02 Å². The lowest BCUT2D eigenvalue weighted by Gasteiger charge is -2.11. The van der Waals surface area contributed by atoms with Crippen molar-refractivity contribution in [2.45, 2.75) is 6.92 Å². The Hall–Kier alpha value is -3.37. The number of rotatable bonds is 2. The van der Waals surface area contributed by atoms with E-state index in [0.29, 0.717) is 27.3 Å². The molecule has 1 aromatic heterocycles. The zero-order chi connectivity index (χ0) is 19.4. The Morgan fingerprint density at radius 1 is 0.929 bits per heavy atom. The van der Waals surface area contributed by atoms with Crippen LogP contribution in [0.5, 0.6) is 5.75 Å². The fraction of sp³-hybridized carbons (Fsp3) is 0.0435. The second-order valence-electron chi connectivity index (χ2n) is 6.65. The molecule has 4 nitrogen and oxygen atoms in total. The van der Waals surface area contributed by atoms with Gasteiger partial charge in [-0.3, -0.25) is 9.59 Å². The minimum Gasteiger partial charge on any atom is -0.426 e. The van der Waals surface area contributed by atoms with Gasteiger partial charge in [0.1, 0.15) is 5.75 Å². The van der Waals surface area contributed by atoms with Crippen LogP contribution >= 0.6 is 11.6 Å². The molecule has 0 radical (unpaired) electrons. The smallest absolute Gasteiger partial charge is 0.308 e. The summed E-state index contributed by atoms with van der Waals surface area (Å²) in [7, 11) is 0. The van der Waals surface area contributed by atoms with Crippen LogP contribution in [-0.2, 0) is 4.79 Å². The van der Waals surface area contributed by atoms with E-state index in [-0.39, 0.29) is 5.78 Å². The minimum atomic E-state index is -0.427. The Balaban J connectivity index is 1.94. The number of carbonyl (C=O) groups is 2. The molecule has 0 unspecified atom stereocenters. The molecule has 0 atom stereocenters. The third-order valence-electron chi connectivity index (χ3n) is 4.95. The van der Waals surface area contributed by atoms with Crippen LogP contribution in [-0.4, -0.2) is 16.3 Å². The molecule has 0 saturated heterocycles. The topological polar surface area (TPSA) is 48.3 Å². The van der Waals surface area contributed by atoms with Crippen molar-refractivity contribution in [3.8, 4) is 22.7 Å². The number of aromatic nitrogens is 1.